The third kappa shape index (κ3) is 7.25. The molecule has 0 aromatic heterocycles. The van der Waals surface area contributed by atoms with Crippen LogP contribution in [0.25, 0.3) is 0 Å². The SMILES string of the molecule is CCOc1ccc([C@H](C)NC(=O)CN(c2ccc(OCc3ccccc3)cc2)S(C)(=O)=O)cc1. The molecule has 0 unspecified atom stereocenters. The van der Waals surface area contributed by atoms with Gasteiger partial charge in [0.1, 0.15) is 24.7 Å². The first-order valence-electron chi connectivity index (χ1n) is 11.0. The zero-order valence-electron chi connectivity index (χ0n) is 19.6. The van der Waals surface area contributed by atoms with E-state index in [1.807, 2.05) is 68.4 Å². The van der Waals surface area contributed by atoms with E-state index in [1.54, 1.807) is 24.3 Å². The molecule has 0 heterocycles. The maximum atomic E-state index is 12.7. The Labute approximate surface area is 201 Å². The lowest BCUT2D eigenvalue weighted by Crippen LogP contribution is -2.41. The van der Waals surface area contributed by atoms with Gasteiger partial charge in [-0.05, 0) is 61.4 Å². The Balaban J connectivity index is 1.63. The molecule has 0 saturated heterocycles. The van der Waals surface area contributed by atoms with E-state index in [0.717, 1.165) is 27.4 Å². The predicted molar refractivity (Wildman–Crippen MR) is 134 cm³/mol. The smallest absolute Gasteiger partial charge is 0.241 e. The molecule has 0 aliphatic heterocycles. The molecule has 0 fully saturated rings. The summed E-state index contributed by atoms with van der Waals surface area (Å²) in [5.74, 6) is 0.954. The van der Waals surface area contributed by atoms with E-state index < -0.39 is 15.9 Å². The lowest BCUT2D eigenvalue weighted by atomic mass is 10.1. The van der Waals surface area contributed by atoms with Crippen LogP contribution in [0.5, 0.6) is 11.5 Å². The summed E-state index contributed by atoms with van der Waals surface area (Å²) in [6, 6.07) is 23.5. The second kappa shape index (κ2) is 11.6. The number of anilines is 1. The van der Waals surface area contributed by atoms with E-state index in [4.69, 9.17) is 9.47 Å². The molecular formula is C26H30N2O5S. The highest BCUT2D eigenvalue weighted by Gasteiger charge is 2.22. The van der Waals surface area contributed by atoms with Crippen molar-refractivity contribution in [1.82, 2.24) is 5.32 Å². The summed E-state index contributed by atoms with van der Waals surface area (Å²) in [5.41, 5.74) is 2.31. The average Bonchev–Trinajstić information content (AvgIpc) is 2.82. The molecule has 0 bridgehead atoms. The summed E-state index contributed by atoms with van der Waals surface area (Å²) < 4.78 is 37.1. The van der Waals surface area contributed by atoms with E-state index in [0.29, 0.717) is 24.7 Å². The standard InChI is InChI=1S/C26H30N2O5S/c1-4-32-24-14-10-22(11-15-24)20(2)27-26(29)18-28(34(3,30)31)23-12-16-25(17-13-23)33-19-21-8-6-5-7-9-21/h5-17,20H,4,18-19H2,1-3H3,(H,27,29)/t20-/m0/s1. The molecular weight excluding hydrogens is 452 g/mol. The number of sulfonamides is 1. The van der Waals surface area contributed by atoms with Crippen LogP contribution in [0.3, 0.4) is 0 Å². The number of nitrogens with one attached hydrogen (secondary N) is 1. The minimum atomic E-state index is -3.68. The number of nitrogens with zero attached hydrogens (tertiary/aromatic N) is 1. The highest BCUT2D eigenvalue weighted by molar-refractivity contribution is 7.92. The van der Waals surface area contributed by atoms with Crippen LogP contribution in [0.1, 0.15) is 31.0 Å². The monoisotopic (exact) mass is 482 g/mol. The zero-order valence-corrected chi connectivity index (χ0v) is 20.4. The summed E-state index contributed by atoms with van der Waals surface area (Å²) >= 11 is 0. The second-order valence-corrected chi connectivity index (χ2v) is 9.74. The maximum absolute atomic E-state index is 12.7. The topological polar surface area (TPSA) is 84.9 Å². The Kier molecular flexibility index (Phi) is 8.54. The van der Waals surface area contributed by atoms with E-state index in [9.17, 15) is 13.2 Å². The molecule has 180 valence electrons. The van der Waals surface area contributed by atoms with Crippen LogP contribution in [-0.2, 0) is 21.4 Å². The van der Waals surface area contributed by atoms with Gasteiger partial charge in [0.15, 0.2) is 0 Å². The normalized spacial score (nSPS) is 12.0. The number of hydrogen-bond donors (Lipinski definition) is 1. The Bertz CT molecular complexity index is 1160. The van der Waals surface area contributed by atoms with Crippen molar-refractivity contribution in [3.05, 3.63) is 90.0 Å². The van der Waals surface area contributed by atoms with Crippen molar-refractivity contribution in [2.24, 2.45) is 0 Å². The fourth-order valence-corrected chi connectivity index (χ4v) is 4.23. The lowest BCUT2D eigenvalue weighted by molar-refractivity contribution is -0.120. The van der Waals surface area contributed by atoms with Crippen molar-refractivity contribution >= 4 is 21.6 Å². The summed E-state index contributed by atoms with van der Waals surface area (Å²) in [6.45, 7) is 4.41. The van der Waals surface area contributed by atoms with Crippen molar-refractivity contribution in [2.45, 2.75) is 26.5 Å². The molecule has 0 aliphatic carbocycles. The average molecular weight is 483 g/mol. The van der Waals surface area contributed by atoms with Crippen LogP contribution in [0.4, 0.5) is 5.69 Å². The largest absolute Gasteiger partial charge is 0.494 e. The van der Waals surface area contributed by atoms with Gasteiger partial charge in [0.25, 0.3) is 0 Å². The number of amides is 1. The van der Waals surface area contributed by atoms with Gasteiger partial charge in [-0.3, -0.25) is 9.10 Å². The fourth-order valence-electron chi connectivity index (χ4n) is 3.37. The van der Waals surface area contributed by atoms with Gasteiger partial charge >= 0.3 is 0 Å². The Morgan fingerprint density at radius 3 is 2.09 bits per heavy atom. The number of hydrogen-bond acceptors (Lipinski definition) is 5. The van der Waals surface area contributed by atoms with E-state index in [2.05, 4.69) is 5.32 Å². The van der Waals surface area contributed by atoms with E-state index in [-0.39, 0.29) is 12.6 Å². The number of ether oxygens (including phenoxy) is 2. The van der Waals surface area contributed by atoms with Crippen LogP contribution in [-0.4, -0.2) is 33.7 Å². The number of benzene rings is 3. The first kappa shape index (κ1) is 25.1. The van der Waals surface area contributed by atoms with Crippen LogP contribution >= 0.6 is 0 Å². The minimum Gasteiger partial charge on any atom is -0.494 e. The van der Waals surface area contributed by atoms with E-state index >= 15 is 0 Å². The molecule has 0 aliphatic rings. The Morgan fingerprint density at radius 1 is 0.912 bits per heavy atom. The Morgan fingerprint density at radius 2 is 1.50 bits per heavy atom. The summed E-state index contributed by atoms with van der Waals surface area (Å²) in [5, 5.41) is 2.86. The van der Waals surface area contributed by atoms with Crippen molar-refractivity contribution in [1.29, 1.82) is 0 Å². The number of carbonyl (C=O) groups excluding carboxylic acids is 1. The van der Waals surface area contributed by atoms with Crippen molar-refractivity contribution in [3.63, 3.8) is 0 Å². The number of rotatable bonds is 11. The van der Waals surface area contributed by atoms with Crippen molar-refractivity contribution < 1.29 is 22.7 Å². The molecule has 1 amide bonds. The molecule has 0 radical (unpaired) electrons. The molecule has 1 atom stereocenters. The van der Waals surface area contributed by atoms with Gasteiger partial charge in [0.2, 0.25) is 15.9 Å². The van der Waals surface area contributed by atoms with Crippen LogP contribution in [0, 0.1) is 0 Å². The molecule has 1 N–H and O–H groups in total. The van der Waals surface area contributed by atoms with Gasteiger partial charge in [-0.2, -0.15) is 0 Å². The first-order chi connectivity index (χ1) is 16.3. The highest BCUT2D eigenvalue weighted by atomic mass is 32.2. The van der Waals surface area contributed by atoms with Gasteiger partial charge in [0.05, 0.1) is 24.6 Å². The second-order valence-electron chi connectivity index (χ2n) is 7.83. The van der Waals surface area contributed by atoms with E-state index in [1.165, 1.54) is 0 Å². The van der Waals surface area contributed by atoms with Crippen molar-refractivity contribution in [2.75, 3.05) is 23.7 Å². The van der Waals surface area contributed by atoms with Gasteiger partial charge in [-0.25, -0.2) is 8.42 Å². The molecule has 0 saturated carbocycles. The maximum Gasteiger partial charge on any atom is 0.241 e. The quantitative estimate of drug-likeness (QED) is 0.440. The van der Waals surface area contributed by atoms with Crippen molar-refractivity contribution in [3.8, 4) is 11.5 Å². The lowest BCUT2D eigenvalue weighted by Gasteiger charge is -2.23. The summed E-state index contributed by atoms with van der Waals surface area (Å²) in [6.07, 6.45) is 1.08. The summed E-state index contributed by atoms with van der Waals surface area (Å²) in [7, 11) is -3.68. The third-order valence-electron chi connectivity index (χ3n) is 5.13. The molecule has 0 spiro atoms. The Hall–Kier alpha value is -3.52. The van der Waals surface area contributed by atoms with Crippen LogP contribution in [0.15, 0.2) is 78.9 Å². The zero-order chi connectivity index (χ0) is 24.6. The highest BCUT2D eigenvalue weighted by Crippen LogP contribution is 2.23. The molecule has 3 rings (SSSR count). The first-order valence-corrected chi connectivity index (χ1v) is 12.9. The molecule has 3 aromatic carbocycles. The fraction of sp³-hybridized carbons (Fsp3) is 0.269. The third-order valence-corrected chi connectivity index (χ3v) is 6.27. The number of carbonyl (C=O) groups is 1. The van der Waals surface area contributed by atoms with Gasteiger partial charge < -0.3 is 14.8 Å². The van der Waals surface area contributed by atoms with Gasteiger partial charge in [0, 0.05) is 0 Å². The van der Waals surface area contributed by atoms with Crippen LogP contribution < -0.4 is 19.1 Å². The van der Waals surface area contributed by atoms with Gasteiger partial charge in [-0.1, -0.05) is 42.5 Å². The summed E-state index contributed by atoms with van der Waals surface area (Å²) in [4.78, 5) is 12.7. The van der Waals surface area contributed by atoms with Gasteiger partial charge in [-0.15, -0.1) is 0 Å². The molecule has 7 nitrogen and oxygen atoms in total. The molecule has 3 aromatic rings. The van der Waals surface area contributed by atoms with Crippen LogP contribution in [0.2, 0.25) is 0 Å². The minimum absolute atomic E-state index is 0.293. The predicted octanol–water partition coefficient (Wildman–Crippen LogP) is 4.31. The molecule has 8 heteroatoms. The molecule has 34 heavy (non-hydrogen) atoms.